The number of carbonyl (C=O) groups is 1. The number of fused-ring (bicyclic) bond motifs is 1. The summed E-state index contributed by atoms with van der Waals surface area (Å²) in [6.07, 6.45) is 7.03. The average Bonchev–Trinajstić information content (AvgIpc) is 2.83. The van der Waals surface area contributed by atoms with Gasteiger partial charge in [0.2, 0.25) is 0 Å². The van der Waals surface area contributed by atoms with Gasteiger partial charge in [-0.25, -0.2) is 4.79 Å². The Hall–Kier alpha value is -1.17. The topological polar surface area (TPSA) is 57.3 Å². The third kappa shape index (κ3) is 2.55. The van der Waals surface area contributed by atoms with E-state index in [2.05, 4.69) is 31.6 Å². The summed E-state index contributed by atoms with van der Waals surface area (Å²) in [6, 6.07) is 0. The molecule has 3 fully saturated rings. The average molecular weight is 322 g/mol. The van der Waals surface area contributed by atoms with Gasteiger partial charge in [0.1, 0.15) is 11.2 Å². The number of hydrogen-bond acceptors (Lipinski definition) is 5. The standard InChI is InChI=1S/C18H26O5/c1-13(10-14(19)20-5)6-7-18-15(2,3)11-17(21-8-9-22-17)12-16(18,4)23-18/h6-7,10H,8-9,11-12H2,1-5H3. The normalized spacial score (nSPS) is 37.9. The second kappa shape index (κ2) is 5.16. The first-order chi connectivity index (χ1) is 10.7. The Morgan fingerprint density at radius 2 is 1.78 bits per heavy atom. The van der Waals surface area contributed by atoms with Crippen LogP contribution >= 0.6 is 0 Å². The van der Waals surface area contributed by atoms with Crippen molar-refractivity contribution in [2.24, 2.45) is 5.41 Å². The van der Waals surface area contributed by atoms with Crippen molar-refractivity contribution in [1.82, 2.24) is 0 Å². The van der Waals surface area contributed by atoms with Crippen LogP contribution in [0.1, 0.15) is 40.5 Å². The summed E-state index contributed by atoms with van der Waals surface area (Å²) >= 11 is 0. The zero-order valence-corrected chi connectivity index (χ0v) is 14.6. The molecule has 0 aromatic carbocycles. The third-order valence-electron chi connectivity index (χ3n) is 5.39. The molecule has 2 atom stereocenters. The lowest BCUT2D eigenvalue weighted by atomic mass is 9.61. The van der Waals surface area contributed by atoms with Crippen LogP contribution in [0, 0.1) is 5.41 Å². The number of carbonyl (C=O) groups excluding carboxylic acids is 1. The predicted molar refractivity (Wildman–Crippen MR) is 84.8 cm³/mol. The van der Waals surface area contributed by atoms with Crippen LogP contribution in [0.5, 0.6) is 0 Å². The quantitative estimate of drug-likeness (QED) is 0.346. The van der Waals surface area contributed by atoms with Gasteiger partial charge in [0.15, 0.2) is 5.79 Å². The largest absolute Gasteiger partial charge is 0.466 e. The summed E-state index contributed by atoms with van der Waals surface area (Å²) in [5.41, 5.74) is 0.0489. The minimum Gasteiger partial charge on any atom is -0.466 e. The van der Waals surface area contributed by atoms with Crippen LogP contribution in [0.3, 0.4) is 0 Å². The van der Waals surface area contributed by atoms with Crippen LogP contribution in [0.15, 0.2) is 23.8 Å². The molecule has 2 saturated heterocycles. The van der Waals surface area contributed by atoms with E-state index in [1.54, 1.807) is 0 Å². The van der Waals surface area contributed by atoms with Crippen molar-refractivity contribution in [3.05, 3.63) is 23.8 Å². The molecule has 3 rings (SSSR count). The molecule has 3 aliphatic rings. The molecule has 2 heterocycles. The number of epoxide rings is 1. The Morgan fingerprint density at radius 3 is 2.35 bits per heavy atom. The molecule has 0 aromatic heterocycles. The molecule has 128 valence electrons. The highest BCUT2D eigenvalue weighted by molar-refractivity contribution is 5.83. The van der Waals surface area contributed by atoms with Gasteiger partial charge in [-0.15, -0.1) is 0 Å². The van der Waals surface area contributed by atoms with Gasteiger partial charge >= 0.3 is 5.97 Å². The number of ether oxygens (including phenoxy) is 4. The molecular formula is C18H26O5. The highest BCUT2D eigenvalue weighted by Crippen LogP contribution is 2.69. The number of rotatable bonds is 3. The fourth-order valence-corrected chi connectivity index (χ4v) is 4.41. The van der Waals surface area contributed by atoms with E-state index in [9.17, 15) is 4.79 Å². The molecule has 2 aliphatic heterocycles. The maximum atomic E-state index is 11.3. The third-order valence-corrected chi connectivity index (χ3v) is 5.39. The highest BCUT2D eigenvalue weighted by Gasteiger charge is 2.78. The summed E-state index contributed by atoms with van der Waals surface area (Å²) in [5, 5.41) is 0. The smallest absolute Gasteiger partial charge is 0.330 e. The minimum atomic E-state index is -0.511. The molecular weight excluding hydrogens is 296 g/mol. The van der Waals surface area contributed by atoms with Crippen LogP contribution in [0.2, 0.25) is 0 Å². The molecule has 0 amide bonds. The van der Waals surface area contributed by atoms with Crippen LogP contribution < -0.4 is 0 Å². The van der Waals surface area contributed by atoms with Crippen molar-refractivity contribution in [3.63, 3.8) is 0 Å². The number of allylic oxidation sites excluding steroid dienone is 2. The lowest BCUT2D eigenvalue weighted by Gasteiger charge is -2.45. The lowest BCUT2D eigenvalue weighted by Crippen LogP contribution is -2.52. The molecule has 1 aliphatic carbocycles. The molecule has 1 saturated carbocycles. The first-order valence-electron chi connectivity index (χ1n) is 8.11. The molecule has 5 heteroatoms. The minimum absolute atomic E-state index is 0.133. The van der Waals surface area contributed by atoms with Gasteiger partial charge in [0, 0.05) is 24.3 Å². The van der Waals surface area contributed by atoms with E-state index in [0.717, 1.165) is 18.4 Å². The van der Waals surface area contributed by atoms with Crippen LogP contribution in [0.4, 0.5) is 0 Å². The van der Waals surface area contributed by atoms with Crippen molar-refractivity contribution >= 4 is 5.97 Å². The summed E-state index contributed by atoms with van der Waals surface area (Å²) in [6.45, 7) is 9.67. The number of methoxy groups -OCH3 is 1. The maximum Gasteiger partial charge on any atom is 0.330 e. The van der Waals surface area contributed by atoms with Crippen molar-refractivity contribution in [3.8, 4) is 0 Å². The molecule has 2 unspecified atom stereocenters. The zero-order chi connectivity index (χ0) is 16.9. The fourth-order valence-electron chi connectivity index (χ4n) is 4.41. The first kappa shape index (κ1) is 16.7. The lowest BCUT2D eigenvalue weighted by molar-refractivity contribution is -0.201. The van der Waals surface area contributed by atoms with Crippen molar-refractivity contribution in [1.29, 1.82) is 0 Å². The van der Waals surface area contributed by atoms with Crippen molar-refractivity contribution < 1.29 is 23.7 Å². The highest BCUT2D eigenvalue weighted by atomic mass is 16.7. The molecule has 1 spiro atoms. The van der Waals surface area contributed by atoms with E-state index in [-0.39, 0.29) is 22.6 Å². The Labute approximate surface area is 137 Å². The monoisotopic (exact) mass is 322 g/mol. The van der Waals surface area contributed by atoms with E-state index in [1.165, 1.54) is 13.2 Å². The van der Waals surface area contributed by atoms with E-state index in [0.29, 0.717) is 13.2 Å². The Morgan fingerprint density at radius 1 is 1.13 bits per heavy atom. The molecule has 5 nitrogen and oxygen atoms in total. The Balaban J connectivity index is 1.83. The molecule has 23 heavy (non-hydrogen) atoms. The van der Waals surface area contributed by atoms with Gasteiger partial charge in [-0.05, 0) is 25.5 Å². The summed E-state index contributed by atoms with van der Waals surface area (Å²) < 4.78 is 22.7. The second-order valence-electron chi connectivity index (χ2n) is 7.66. The predicted octanol–water partition coefficient (Wildman–Crippen LogP) is 2.75. The molecule has 0 N–H and O–H groups in total. The zero-order valence-electron chi connectivity index (χ0n) is 14.6. The van der Waals surface area contributed by atoms with E-state index in [1.807, 2.05) is 13.0 Å². The van der Waals surface area contributed by atoms with Gasteiger partial charge in [0.25, 0.3) is 0 Å². The van der Waals surface area contributed by atoms with E-state index >= 15 is 0 Å². The van der Waals surface area contributed by atoms with Gasteiger partial charge in [-0.3, -0.25) is 0 Å². The van der Waals surface area contributed by atoms with Crippen LogP contribution in [-0.4, -0.2) is 43.3 Å². The van der Waals surface area contributed by atoms with E-state index in [4.69, 9.17) is 14.2 Å². The molecule has 0 bridgehead atoms. The van der Waals surface area contributed by atoms with Crippen LogP contribution in [0.25, 0.3) is 0 Å². The van der Waals surface area contributed by atoms with Crippen molar-refractivity contribution in [2.45, 2.75) is 57.5 Å². The first-order valence-corrected chi connectivity index (χ1v) is 8.11. The molecule has 0 radical (unpaired) electrons. The Bertz CT molecular complexity index is 570. The fraction of sp³-hybridized carbons (Fsp3) is 0.722. The molecule has 0 aromatic rings. The summed E-state index contributed by atoms with van der Waals surface area (Å²) in [4.78, 5) is 11.3. The van der Waals surface area contributed by atoms with Gasteiger partial charge in [0.05, 0.1) is 20.3 Å². The summed E-state index contributed by atoms with van der Waals surface area (Å²) in [7, 11) is 1.38. The van der Waals surface area contributed by atoms with Crippen molar-refractivity contribution in [2.75, 3.05) is 20.3 Å². The summed E-state index contributed by atoms with van der Waals surface area (Å²) in [5.74, 6) is -0.859. The van der Waals surface area contributed by atoms with Gasteiger partial charge in [-0.2, -0.15) is 0 Å². The SMILES string of the molecule is COC(=O)C=C(C)C=CC12OC1(C)CC1(CC2(C)C)OCCO1. The Kier molecular flexibility index (Phi) is 3.74. The van der Waals surface area contributed by atoms with Crippen LogP contribution in [-0.2, 0) is 23.7 Å². The maximum absolute atomic E-state index is 11.3. The number of hydrogen-bond donors (Lipinski definition) is 0. The number of esters is 1. The van der Waals surface area contributed by atoms with Gasteiger partial charge in [-0.1, -0.05) is 19.9 Å². The van der Waals surface area contributed by atoms with Gasteiger partial charge < -0.3 is 18.9 Å². The second-order valence-corrected chi connectivity index (χ2v) is 7.66. The van der Waals surface area contributed by atoms with E-state index < -0.39 is 5.79 Å².